The lowest BCUT2D eigenvalue weighted by atomic mass is 9.84. The molecule has 1 spiro atoms. The smallest absolute Gasteiger partial charge is 0.247 e. The molecule has 0 saturated carbocycles. The van der Waals surface area contributed by atoms with Crippen LogP contribution in [0.1, 0.15) is 12.0 Å². The molecule has 1 aromatic carbocycles. The summed E-state index contributed by atoms with van der Waals surface area (Å²) in [4.78, 5) is 18.2. The number of aliphatic imine (C=N–C) groups is 1. The van der Waals surface area contributed by atoms with Crippen molar-refractivity contribution < 1.29 is 9.53 Å². The molecule has 5 heteroatoms. The van der Waals surface area contributed by atoms with Crippen LogP contribution in [-0.2, 0) is 11.3 Å². The fourth-order valence-electron chi connectivity index (χ4n) is 2.58. The molecule has 0 radical (unpaired) electrons. The fourth-order valence-corrected chi connectivity index (χ4v) is 2.58. The lowest BCUT2D eigenvalue weighted by Gasteiger charge is -2.49. The van der Waals surface area contributed by atoms with Gasteiger partial charge >= 0.3 is 0 Å². The van der Waals surface area contributed by atoms with Crippen molar-refractivity contribution in [2.24, 2.45) is 4.99 Å². The number of β-lactam (4-membered cyclic amide) rings is 1. The molecule has 100 valence electrons. The van der Waals surface area contributed by atoms with Crippen molar-refractivity contribution in [2.45, 2.75) is 18.5 Å². The molecule has 1 atom stereocenters. The van der Waals surface area contributed by atoms with Crippen LogP contribution in [0.5, 0.6) is 5.75 Å². The van der Waals surface area contributed by atoms with Gasteiger partial charge < -0.3 is 15.0 Å². The minimum absolute atomic E-state index is 0.118. The largest absolute Gasteiger partial charge is 0.497 e. The van der Waals surface area contributed by atoms with Crippen molar-refractivity contribution in [1.82, 2.24) is 10.2 Å². The van der Waals surface area contributed by atoms with Gasteiger partial charge in [0.2, 0.25) is 5.91 Å². The van der Waals surface area contributed by atoms with Crippen molar-refractivity contribution in [3.8, 4) is 5.75 Å². The second-order valence-corrected chi connectivity index (χ2v) is 4.96. The molecule has 19 heavy (non-hydrogen) atoms. The van der Waals surface area contributed by atoms with E-state index in [-0.39, 0.29) is 11.4 Å². The maximum absolute atomic E-state index is 11.9. The summed E-state index contributed by atoms with van der Waals surface area (Å²) in [6.07, 6.45) is 2.61. The quantitative estimate of drug-likeness (QED) is 0.817. The van der Waals surface area contributed by atoms with Crippen molar-refractivity contribution in [3.05, 3.63) is 29.8 Å². The lowest BCUT2D eigenvalue weighted by molar-refractivity contribution is -0.141. The normalized spacial score (nSPS) is 25.1. The summed E-state index contributed by atoms with van der Waals surface area (Å²) in [6, 6.07) is 7.91. The predicted octanol–water partition coefficient (Wildman–Crippen LogP) is 0.798. The first kappa shape index (κ1) is 12.0. The van der Waals surface area contributed by atoms with Crippen LogP contribution in [0.2, 0.25) is 0 Å². The van der Waals surface area contributed by atoms with Gasteiger partial charge in [0.25, 0.3) is 0 Å². The molecule has 0 bridgehead atoms. The Labute approximate surface area is 112 Å². The molecule has 0 aliphatic carbocycles. The summed E-state index contributed by atoms with van der Waals surface area (Å²) in [5, 5.41) is 2.84. The molecule has 3 rings (SSSR count). The minimum atomic E-state index is -0.373. The van der Waals surface area contributed by atoms with Crippen LogP contribution in [0.15, 0.2) is 29.3 Å². The van der Waals surface area contributed by atoms with Crippen LogP contribution >= 0.6 is 0 Å². The van der Waals surface area contributed by atoms with E-state index in [4.69, 9.17) is 4.74 Å². The van der Waals surface area contributed by atoms with Crippen LogP contribution in [0.4, 0.5) is 0 Å². The van der Waals surface area contributed by atoms with E-state index in [9.17, 15) is 4.79 Å². The van der Waals surface area contributed by atoms with E-state index >= 15 is 0 Å². The summed E-state index contributed by atoms with van der Waals surface area (Å²) in [5.41, 5.74) is 0.773. The van der Waals surface area contributed by atoms with Crippen molar-refractivity contribution in [2.75, 3.05) is 20.2 Å². The summed E-state index contributed by atoms with van der Waals surface area (Å²) in [7, 11) is 1.65. The maximum Gasteiger partial charge on any atom is 0.247 e. The second-order valence-electron chi connectivity index (χ2n) is 4.96. The summed E-state index contributed by atoms with van der Waals surface area (Å²) < 4.78 is 5.15. The number of carbonyl (C=O) groups is 1. The van der Waals surface area contributed by atoms with Crippen LogP contribution in [0.25, 0.3) is 0 Å². The van der Waals surface area contributed by atoms with Gasteiger partial charge in [-0.05, 0) is 17.7 Å². The monoisotopic (exact) mass is 259 g/mol. The standard InChI is InChI=1S/C14H17N3O2/c1-19-12-4-2-11(3-5-12)8-17-10-15-7-6-14(17)9-16-13(14)18/h2-5,10H,6-9H2,1H3,(H,16,18). The van der Waals surface area contributed by atoms with E-state index in [1.165, 1.54) is 0 Å². The lowest BCUT2D eigenvalue weighted by Crippen LogP contribution is -2.73. The number of hydrogen-bond donors (Lipinski definition) is 1. The van der Waals surface area contributed by atoms with Crippen LogP contribution < -0.4 is 10.1 Å². The van der Waals surface area contributed by atoms with Gasteiger partial charge in [0.05, 0.1) is 20.0 Å². The Balaban J connectivity index is 1.78. The highest BCUT2D eigenvalue weighted by molar-refractivity contribution is 5.95. The van der Waals surface area contributed by atoms with E-state index < -0.39 is 0 Å². The van der Waals surface area contributed by atoms with E-state index in [2.05, 4.69) is 15.2 Å². The highest BCUT2D eigenvalue weighted by Gasteiger charge is 2.50. The minimum Gasteiger partial charge on any atom is -0.497 e. The Morgan fingerprint density at radius 3 is 2.79 bits per heavy atom. The molecule has 5 nitrogen and oxygen atoms in total. The topological polar surface area (TPSA) is 53.9 Å². The van der Waals surface area contributed by atoms with Crippen molar-refractivity contribution in [1.29, 1.82) is 0 Å². The first-order valence-electron chi connectivity index (χ1n) is 6.42. The first-order chi connectivity index (χ1) is 9.24. The third kappa shape index (κ3) is 1.95. The van der Waals surface area contributed by atoms with Crippen LogP contribution in [0.3, 0.4) is 0 Å². The van der Waals surface area contributed by atoms with E-state index in [0.717, 1.165) is 24.3 Å². The maximum atomic E-state index is 11.9. The highest BCUT2D eigenvalue weighted by atomic mass is 16.5. The Bertz CT molecular complexity index is 512. The second kappa shape index (κ2) is 4.57. The Kier molecular flexibility index (Phi) is 2.89. The number of methoxy groups -OCH3 is 1. The van der Waals surface area contributed by atoms with E-state index in [1.807, 2.05) is 30.6 Å². The summed E-state index contributed by atoms with van der Waals surface area (Å²) in [6.45, 7) is 2.14. The van der Waals surface area contributed by atoms with Gasteiger partial charge in [-0.15, -0.1) is 0 Å². The number of ether oxygens (including phenoxy) is 1. The summed E-state index contributed by atoms with van der Waals surface area (Å²) >= 11 is 0. The predicted molar refractivity (Wildman–Crippen MR) is 72.3 cm³/mol. The number of benzene rings is 1. The van der Waals surface area contributed by atoms with Gasteiger partial charge in [-0.25, -0.2) is 0 Å². The van der Waals surface area contributed by atoms with Gasteiger partial charge in [0, 0.05) is 19.5 Å². The van der Waals surface area contributed by atoms with Crippen molar-refractivity contribution in [3.63, 3.8) is 0 Å². The molecule has 0 aromatic heterocycles. The fraction of sp³-hybridized carbons (Fsp3) is 0.429. The molecule has 2 heterocycles. The first-order valence-corrected chi connectivity index (χ1v) is 6.42. The molecular formula is C14H17N3O2. The number of hydrogen-bond acceptors (Lipinski definition) is 4. The summed E-state index contributed by atoms with van der Waals surface area (Å²) in [5.74, 6) is 0.958. The number of amides is 1. The zero-order valence-electron chi connectivity index (χ0n) is 10.9. The third-order valence-electron chi connectivity index (χ3n) is 3.90. The molecule has 1 aromatic rings. The molecule has 1 unspecified atom stereocenters. The molecule has 1 N–H and O–H groups in total. The highest BCUT2D eigenvalue weighted by Crippen LogP contribution is 2.29. The number of carbonyl (C=O) groups excluding carboxylic acids is 1. The van der Waals surface area contributed by atoms with Gasteiger partial charge in [-0.2, -0.15) is 0 Å². The third-order valence-corrected chi connectivity index (χ3v) is 3.90. The molecule has 2 aliphatic heterocycles. The number of nitrogens with zero attached hydrogens (tertiary/aromatic N) is 2. The molecule has 1 saturated heterocycles. The van der Waals surface area contributed by atoms with Crippen LogP contribution in [-0.4, -0.2) is 42.9 Å². The Hall–Kier alpha value is -2.04. The van der Waals surface area contributed by atoms with Gasteiger partial charge in [0.1, 0.15) is 11.3 Å². The average Bonchev–Trinajstić information content (AvgIpc) is 2.47. The van der Waals surface area contributed by atoms with Gasteiger partial charge in [-0.3, -0.25) is 9.79 Å². The SMILES string of the molecule is COc1ccc(CN2C=NCCC23CNC3=O)cc1. The zero-order valence-corrected chi connectivity index (χ0v) is 10.9. The molecule has 1 amide bonds. The van der Waals surface area contributed by atoms with Crippen molar-refractivity contribution >= 4 is 12.2 Å². The molecule has 1 fully saturated rings. The van der Waals surface area contributed by atoms with Crippen LogP contribution in [0, 0.1) is 0 Å². The van der Waals surface area contributed by atoms with Gasteiger partial charge in [0.15, 0.2) is 0 Å². The molecular weight excluding hydrogens is 242 g/mol. The van der Waals surface area contributed by atoms with E-state index in [0.29, 0.717) is 13.1 Å². The Morgan fingerprint density at radius 1 is 1.42 bits per heavy atom. The zero-order chi connectivity index (χ0) is 13.3. The van der Waals surface area contributed by atoms with Gasteiger partial charge in [-0.1, -0.05) is 12.1 Å². The van der Waals surface area contributed by atoms with E-state index in [1.54, 1.807) is 7.11 Å². The Morgan fingerprint density at radius 2 is 2.21 bits per heavy atom. The molecule has 2 aliphatic rings. The number of nitrogens with one attached hydrogen (secondary N) is 1. The average molecular weight is 259 g/mol. The number of rotatable bonds is 3.